The molecule has 0 aliphatic rings. The van der Waals surface area contributed by atoms with Crippen LogP contribution in [0.1, 0.15) is 10.4 Å². The summed E-state index contributed by atoms with van der Waals surface area (Å²) in [5.74, 6) is 0.723. The van der Waals surface area contributed by atoms with Crippen LogP contribution >= 0.6 is 11.3 Å². The third-order valence-electron chi connectivity index (χ3n) is 4.52. The highest BCUT2D eigenvalue weighted by Gasteiger charge is 2.14. The second kappa shape index (κ2) is 6.89. The summed E-state index contributed by atoms with van der Waals surface area (Å²) in [6, 6.07) is 17.4. The Hall–Kier alpha value is -3.12. The molecule has 0 aliphatic carbocycles. The Morgan fingerprint density at radius 1 is 1.04 bits per heavy atom. The van der Waals surface area contributed by atoms with Gasteiger partial charge in [-0.25, -0.2) is 0 Å². The first-order chi connectivity index (χ1) is 13.1. The van der Waals surface area contributed by atoms with Crippen LogP contribution in [0.3, 0.4) is 0 Å². The number of aryl methyl sites for hydroxylation is 1. The van der Waals surface area contributed by atoms with Crippen molar-refractivity contribution in [3.05, 3.63) is 65.0 Å². The number of fused-ring (bicyclic) bond motifs is 3. The van der Waals surface area contributed by atoms with E-state index in [0.717, 1.165) is 21.0 Å². The minimum absolute atomic E-state index is 0.346. The monoisotopic (exact) mass is 378 g/mol. The fraction of sp³-hybridized carbons (Fsp3) is 0.143. The lowest BCUT2D eigenvalue weighted by atomic mass is 10.1. The molecule has 0 saturated heterocycles. The average molecular weight is 378 g/mol. The standard InChI is InChI=1S/C21H18N2O3S/c1-23-19-15-7-5-4-6-13(15)8-11-18(19)27-21(23)22-20(24)16-10-9-14(25-2)12-17(16)26-3/h4-12H,1-3H3. The topological polar surface area (TPSA) is 52.8 Å². The van der Waals surface area contributed by atoms with Gasteiger partial charge in [0.25, 0.3) is 5.91 Å². The quantitative estimate of drug-likeness (QED) is 0.538. The maximum Gasteiger partial charge on any atom is 0.283 e. The summed E-state index contributed by atoms with van der Waals surface area (Å²) in [7, 11) is 5.03. The molecule has 136 valence electrons. The van der Waals surface area contributed by atoms with Crippen LogP contribution in [0.2, 0.25) is 0 Å². The van der Waals surface area contributed by atoms with Gasteiger partial charge in [0.15, 0.2) is 4.80 Å². The molecule has 3 aromatic carbocycles. The van der Waals surface area contributed by atoms with Gasteiger partial charge < -0.3 is 14.0 Å². The highest BCUT2D eigenvalue weighted by Crippen LogP contribution is 2.27. The SMILES string of the molecule is COc1ccc(C(=O)N=c2sc3ccc4ccccc4c3n2C)c(OC)c1. The highest BCUT2D eigenvalue weighted by atomic mass is 32.1. The number of ether oxygens (including phenoxy) is 2. The van der Waals surface area contributed by atoms with E-state index < -0.39 is 0 Å². The highest BCUT2D eigenvalue weighted by molar-refractivity contribution is 7.16. The Morgan fingerprint density at radius 3 is 2.63 bits per heavy atom. The first-order valence-electron chi connectivity index (χ1n) is 8.40. The zero-order chi connectivity index (χ0) is 19.0. The van der Waals surface area contributed by atoms with E-state index in [-0.39, 0.29) is 5.91 Å². The average Bonchev–Trinajstić information content (AvgIpc) is 3.03. The van der Waals surface area contributed by atoms with Crippen molar-refractivity contribution in [2.24, 2.45) is 12.0 Å². The largest absolute Gasteiger partial charge is 0.497 e. The molecule has 0 spiro atoms. The lowest BCUT2D eigenvalue weighted by Crippen LogP contribution is -2.13. The fourth-order valence-electron chi connectivity index (χ4n) is 3.15. The van der Waals surface area contributed by atoms with E-state index in [0.29, 0.717) is 21.9 Å². The predicted molar refractivity (Wildman–Crippen MR) is 108 cm³/mol. The molecule has 0 N–H and O–H groups in total. The van der Waals surface area contributed by atoms with Crippen molar-refractivity contribution >= 4 is 38.2 Å². The Labute approximate surface area is 160 Å². The van der Waals surface area contributed by atoms with Crippen molar-refractivity contribution in [1.82, 2.24) is 4.57 Å². The number of methoxy groups -OCH3 is 2. The third-order valence-corrected chi connectivity index (χ3v) is 5.62. The third kappa shape index (κ3) is 2.98. The maximum atomic E-state index is 12.8. The van der Waals surface area contributed by atoms with Crippen LogP contribution in [-0.4, -0.2) is 24.7 Å². The molecule has 0 atom stereocenters. The van der Waals surface area contributed by atoms with Crippen molar-refractivity contribution in [2.45, 2.75) is 0 Å². The van der Waals surface area contributed by atoms with Crippen LogP contribution in [0.5, 0.6) is 11.5 Å². The first-order valence-corrected chi connectivity index (χ1v) is 9.22. The van der Waals surface area contributed by atoms with Crippen molar-refractivity contribution in [3.63, 3.8) is 0 Å². The minimum Gasteiger partial charge on any atom is -0.497 e. The smallest absolute Gasteiger partial charge is 0.283 e. The number of hydrogen-bond acceptors (Lipinski definition) is 4. The molecule has 0 bridgehead atoms. The molecule has 1 aromatic heterocycles. The van der Waals surface area contributed by atoms with Gasteiger partial charge in [-0.15, -0.1) is 0 Å². The van der Waals surface area contributed by atoms with Gasteiger partial charge in [-0.1, -0.05) is 41.7 Å². The van der Waals surface area contributed by atoms with Crippen LogP contribution in [-0.2, 0) is 7.05 Å². The summed E-state index contributed by atoms with van der Waals surface area (Å²) < 4.78 is 13.6. The van der Waals surface area contributed by atoms with Crippen molar-refractivity contribution in [1.29, 1.82) is 0 Å². The molecule has 0 fully saturated rings. The lowest BCUT2D eigenvalue weighted by molar-refractivity contribution is 0.0995. The number of rotatable bonds is 3. The van der Waals surface area contributed by atoms with Gasteiger partial charge in [-0.2, -0.15) is 4.99 Å². The predicted octanol–water partition coefficient (Wildman–Crippen LogP) is 4.15. The van der Waals surface area contributed by atoms with Crippen LogP contribution in [0, 0.1) is 0 Å². The van der Waals surface area contributed by atoms with Crippen LogP contribution in [0.4, 0.5) is 0 Å². The molecule has 1 heterocycles. The second-order valence-electron chi connectivity index (χ2n) is 6.06. The second-order valence-corrected chi connectivity index (χ2v) is 7.07. The van der Waals surface area contributed by atoms with E-state index in [4.69, 9.17) is 9.47 Å². The zero-order valence-electron chi connectivity index (χ0n) is 15.2. The van der Waals surface area contributed by atoms with E-state index in [1.54, 1.807) is 25.3 Å². The summed E-state index contributed by atoms with van der Waals surface area (Å²) in [6.45, 7) is 0. The number of benzene rings is 3. The number of nitrogens with zero attached hydrogens (tertiary/aromatic N) is 2. The minimum atomic E-state index is -0.346. The normalized spacial score (nSPS) is 11.9. The van der Waals surface area contributed by atoms with Crippen molar-refractivity contribution in [2.75, 3.05) is 14.2 Å². The number of thiazole rings is 1. The molecule has 6 heteroatoms. The van der Waals surface area contributed by atoms with Crippen molar-refractivity contribution < 1.29 is 14.3 Å². The summed E-state index contributed by atoms with van der Waals surface area (Å²) in [5, 5.41) is 2.30. The van der Waals surface area contributed by atoms with Gasteiger partial charge in [-0.05, 0) is 23.6 Å². The molecule has 0 radical (unpaired) electrons. The van der Waals surface area contributed by atoms with E-state index in [1.165, 1.54) is 18.4 Å². The van der Waals surface area contributed by atoms with Gasteiger partial charge in [0, 0.05) is 18.5 Å². The van der Waals surface area contributed by atoms with Crippen LogP contribution in [0.25, 0.3) is 21.0 Å². The number of carbonyl (C=O) groups excluding carboxylic acids is 1. The molecule has 4 aromatic rings. The molecule has 1 amide bonds. The molecule has 4 rings (SSSR count). The number of aromatic nitrogens is 1. The fourth-order valence-corrected chi connectivity index (χ4v) is 4.18. The molecule has 0 unspecified atom stereocenters. The Balaban J connectivity index is 1.87. The molecular weight excluding hydrogens is 360 g/mol. The Morgan fingerprint density at radius 2 is 1.85 bits per heavy atom. The maximum absolute atomic E-state index is 12.8. The van der Waals surface area contributed by atoms with Gasteiger partial charge in [-0.3, -0.25) is 4.79 Å². The zero-order valence-corrected chi connectivity index (χ0v) is 16.0. The van der Waals surface area contributed by atoms with E-state index in [9.17, 15) is 4.79 Å². The molecule has 0 saturated carbocycles. The number of carbonyl (C=O) groups is 1. The summed E-state index contributed by atoms with van der Waals surface area (Å²) >= 11 is 1.49. The molecule has 0 aliphatic heterocycles. The molecule has 5 nitrogen and oxygen atoms in total. The van der Waals surface area contributed by atoms with E-state index in [2.05, 4.69) is 29.3 Å². The molecule has 27 heavy (non-hydrogen) atoms. The van der Waals surface area contributed by atoms with Gasteiger partial charge in [0.1, 0.15) is 11.5 Å². The number of amides is 1. The number of hydrogen-bond donors (Lipinski definition) is 0. The first kappa shape index (κ1) is 17.3. The van der Waals surface area contributed by atoms with Gasteiger partial charge in [0.2, 0.25) is 0 Å². The Bertz CT molecular complexity index is 1240. The Kier molecular flexibility index (Phi) is 4.41. The van der Waals surface area contributed by atoms with Crippen LogP contribution in [0.15, 0.2) is 59.6 Å². The van der Waals surface area contributed by atoms with E-state index in [1.807, 2.05) is 23.7 Å². The summed E-state index contributed by atoms with van der Waals surface area (Å²) in [5.41, 5.74) is 1.48. The summed E-state index contributed by atoms with van der Waals surface area (Å²) in [6.07, 6.45) is 0. The van der Waals surface area contributed by atoms with E-state index >= 15 is 0 Å². The summed E-state index contributed by atoms with van der Waals surface area (Å²) in [4.78, 5) is 17.8. The lowest BCUT2D eigenvalue weighted by Gasteiger charge is -2.07. The van der Waals surface area contributed by atoms with Gasteiger partial charge in [0.05, 0.1) is 30.0 Å². The van der Waals surface area contributed by atoms with Gasteiger partial charge >= 0.3 is 0 Å². The van der Waals surface area contributed by atoms with Crippen molar-refractivity contribution in [3.8, 4) is 11.5 Å². The molecular formula is C21H18N2O3S. The van der Waals surface area contributed by atoms with Crippen LogP contribution < -0.4 is 14.3 Å².